The van der Waals surface area contributed by atoms with Crippen LogP contribution < -0.4 is 34.7 Å². The molecule has 4 rings (SSSR count). The number of hydrogen-bond donors (Lipinski definition) is 0. The second kappa shape index (κ2) is 9.76. The van der Waals surface area contributed by atoms with Crippen LogP contribution in [0.1, 0.15) is 17.7 Å². The van der Waals surface area contributed by atoms with Crippen LogP contribution in [-0.2, 0) is 34.2 Å². The Labute approximate surface area is 201 Å². The molecule has 3 aromatic rings. The normalized spacial score (nSPS) is 15.8. The van der Waals surface area contributed by atoms with Crippen molar-refractivity contribution < 1.29 is 57.7 Å². The summed E-state index contributed by atoms with van der Waals surface area (Å²) >= 11 is 0. The van der Waals surface area contributed by atoms with Gasteiger partial charge in [0, 0.05) is 49.3 Å². The van der Waals surface area contributed by atoms with Crippen molar-refractivity contribution in [3.63, 3.8) is 0 Å². The standard InChI is InChI=1S/C20H20FN3O4S.Na.H2O/c1-23(29(27,28)15-7-4-13(21)5-8-15)14-6-9-18-17(11-19(25)26)16-3-2-10-22-20(16)24(18)12-14;;/h2-5,7-8,10,14H,6,9,11-12H2,1H3,(H,25,26);;1H2/q;+1;/p-1/t14-;;/m1../s1. The van der Waals surface area contributed by atoms with Crippen LogP contribution >= 0.6 is 0 Å². The molecular formula is C20H21FN3NaO5S. The molecule has 0 radical (unpaired) electrons. The molecule has 0 saturated heterocycles. The van der Waals surface area contributed by atoms with Gasteiger partial charge in [0.2, 0.25) is 10.0 Å². The van der Waals surface area contributed by atoms with Gasteiger partial charge in [-0.15, -0.1) is 0 Å². The quantitative estimate of drug-likeness (QED) is 0.385. The second-order valence-corrected chi connectivity index (χ2v) is 9.12. The number of carbonyl (C=O) groups is 1. The zero-order valence-electron chi connectivity index (χ0n) is 17.2. The number of rotatable bonds is 5. The molecule has 0 unspecified atom stereocenters. The first kappa shape index (κ1) is 25.4. The summed E-state index contributed by atoms with van der Waals surface area (Å²) in [5.74, 6) is -1.67. The van der Waals surface area contributed by atoms with Crippen molar-refractivity contribution in [1.29, 1.82) is 0 Å². The zero-order valence-corrected chi connectivity index (χ0v) is 20.0. The number of sulfonamides is 1. The van der Waals surface area contributed by atoms with Gasteiger partial charge < -0.3 is 19.9 Å². The van der Waals surface area contributed by atoms with Crippen LogP contribution in [0.4, 0.5) is 4.39 Å². The summed E-state index contributed by atoms with van der Waals surface area (Å²) in [7, 11) is -2.29. The van der Waals surface area contributed by atoms with Crippen molar-refractivity contribution in [2.24, 2.45) is 0 Å². The van der Waals surface area contributed by atoms with Gasteiger partial charge in [0.05, 0.1) is 4.90 Å². The summed E-state index contributed by atoms with van der Waals surface area (Å²) in [6, 6.07) is 7.96. The van der Waals surface area contributed by atoms with Crippen molar-refractivity contribution in [2.45, 2.75) is 36.7 Å². The minimum Gasteiger partial charge on any atom is -0.550 e. The second-order valence-electron chi connectivity index (χ2n) is 7.13. The molecule has 2 N–H and O–H groups in total. The summed E-state index contributed by atoms with van der Waals surface area (Å²) in [4.78, 5) is 15.6. The number of aromatic nitrogens is 2. The molecule has 160 valence electrons. The maximum absolute atomic E-state index is 13.2. The average molecular weight is 457 g/mol. The minimum atomic E-state index is -3.79. The summed E-state index contributed by atoms with van der Waals surface area (Å²) in [6.07, 6.45) is 2.47. The monoisotopic (exact) mass is 457 g/mol. The Morgan fingerprint density at radius 2 is 1.97 bits per heavy atom. The van der Waals surface area contributed by atoms with E-state index in [0.717, 1.165) is 23.2 Å². The predicted molar refractivity (Wildman–Crippen MR) is 106 cm³/mol. The third kappa shape index (κ3) is 4.69. The SMILES string of the molecule is CN([C@@H]1CCc2c(CC(=O)[O-])c3cccnc3n2C1)S(=O)(=O)c1ccc(F)cc1.O.[Na+]. The predicted octanol–water partition coefficient (Wildman–Crippen LogP) is -2.72. The molecule has 0 aliphatic carbocycles. The zero-order chi connectivity index (χ0) is 20.8. The van der Waals surface area contributed by atoms with E-state index in [2.05, 4.69) is 4.98 Å². The van der Waals surface area contributed by atoms with Crippen LogP contribution in [0.3, 0.4) is 0 Å². The maximum Gasteiger partial charge on any atom is 1.00 e. The number of carboxylic acid groups (broad SMARTS) is 1. The molecule has 1 aliphatic rings. The Hall–Kier alpha value is -1.82. The van der Waals surface area contributed by atoms with Crippen molar-refractivity contribution in [2.75, 3.05) is 7.05 Å². The van der Waals surface area contributed by atoms with Crippen molar-refractivity contribution in [1.82, 2.24) is 13.9 Å². The van der Waals surface area contributed by atoms with E-state index < -0.39 is 21.8 Å². The molecule has 1 atom stereocenters. The van der Waals surface area contributed by atoms with Gasteiger partial charge in [-0.1, -0.05) is 0 Å². The van der Waals surface area contributed by atoms with Gasteiger partial charge in [-0.3, -0.25) is 0 Å². The molecule has 3 heterocycles. The van der Waals surface area contributed by atoms with Crippen LogP contribution in [0.25, 0.3) is 11.0 Å². The Bertz CT molecular complexity index is 1200. The number of pyridine rings is 1. The van der Waals surface area contributed by atoms with Crippen LogP contribution in [0.5, 0.6) is 0 Å². The molecule has 0 amide bonds. The fourth-order valence-electron chi connectivity index (χ4n) is 3.99. The van der Waals surface area contributed by atoms with Gasteiger partial charge in [-0.2, -0.15) is 4.31 Å². The van der Waals surface area contributed by atoms with E-state index in [0.29, 0.717) is 30.6 Å². The fourth-order valence-corrected chi connectivity index (χ4v) is 5.37. The topological polar surface area (TPSA) is 127 Å². The first-order valence-electron chi connectivity index (χ1n) is 9.17. The van der Waals surface area contributed by atoms with E-state index >= 15 is 0 Å². The van der Waals surface area contributed by atoms with E-state index in [1.54, 1.807) is 12.3 Å². The van der Waals surface area contributed by atoms with Gasteiger partial charge in [0.15, 0.2) is 0 Å². The number of hydrogen-bond acceptors (Lipinski definition) is 5. The fraction of sp³-hybridized carbons (Fsp3) is 0.300. The largest absolute Gasteiger partial charge is 1.00 e. The van der Waals surface area contributed by atoms with E-state index in [1.165, 1.54) is 23.5 Å². The van der Waals surface area contributed by atoms with Crippen LogP contribution in [0.15, 0.2) is 47.5 Å². The van der Waals surface area contributed by atoms with Crippen LogP contribution in [-0.4, -0.2) is 46.8 Å². The number of nitrogens with zero attached hydrogens (tertiary/aromatic N) is 3. The van der Waals surface area contributed by atoms with Crippen molar-refractivity contribution >= 4 is 27.0 Å². The molecule has 2 aromatic heterocycles. The summed E-state index contributed by atoms with van der Waals surface area (Å²) in [5.41, 5.74) is 2.17. The third-order valence-corrected chi connectivity index (χ3v) is 7.40. The number of benzene rings is 1. The molecule has 0 saturated carbocycles. The molecular weight excluding hydrogens is 436 g/mol. The van der Waals surface area contributed by atoms with E-state index in [-0.39, 0.29) is 52.4 Å². The number of carbonyl (C=O) groups excluding carboxylic acids is 1. The molecule has 11 heteroatoms. The van der Waals surface area contributed by atoms with E-state index in [1.807, 2.05) is 10.6 Å². The first-order chi connectivity index (χ1) is 13.8. The molecule has 31 heavy (non-hydrogen) atoms. The van der Waals surface area contributed by atoms with Crippen molar-refractivity contribution in [3.8, 4) is 0 Å². The Morgan fingerprint density at radius 1 is 1.29 bits per heavy atom. The first-order valence-corrected chi connectivity index (χ1v) is 10.6. The Morgan fingerprint density at radius 3 is 2.61 bits per heavy atom. The number of likely N-dealkylation sites (N-methyl/N-ethyl adjacent to an activating group) is 1. The number of aliphatic carboxylic acids is 1. The van der Waals surface area contributed by atoms with Crippen LogP contribution in [0.2, 0.25) is 0 Å². The van der Waals surface area contributed by atoms with Crippen LogP contribution in [0, 0.1) is 5.82 Å². The molecule has 1 aliphatic heterocycles. The summed E-state index contributed by atoms with van der Waals surface area (Å²) in [6.45, 7) is 0.354. The van der Waals surface area contributed by atoms with Gasteiger partial charge in [0.1, 0.15) is 11.5 Å². The minimum absolute atomic E-state index is 0. The van der Waals surface area contributed by atoms with Gasteiger partial charge in [-0.25, -0.2) is 17.8 Å². The third-order valence-electron chi connectivity index (χ3n) is 5.48. The van der Waals surface area contributed by atoms with Gasteiger partial charge >= 0.3 is 29.6 Å². The average Bonchev–Trinajstić information content (AvgIpc) is 3.00. The number of halogens is 1. The molecule has 0 spiro atoms. The summed E-state index contributed by atoms with van der Waals surface area (Å²) in [5, 5.41) is 12.0. The molecule has 0 bridgehead atoms. The van der Waals surface area contributed by atoms with Gasteiger partial charge in [0.25, 0.3) is 0 Å². The Balaban J connectivity index is 0.00000171. The number of fused-ring (bicyclic) bond motifs is 3. The van der Waals surface area contributed by atoms with E-state index in [9.17, 15) is 22.7 Å². The smallest absolute Gasteiger partial charge is 0.550 e. The molecule has 8 nitrogen and oxygen atoms in total. The van der Waals surface area contributed by atoms with Gasteiger partial charge in [-0.05, 0) is 54.8 Å². The van der Waals surface area contributed by atoms with E-state index in [4.69, 9.17) is 0 Å². The number of carboxylic acids is 1. The molecule has 0 fully saturated rings. The summed E-state index contributed by atoms with van der Waals surface area (Å²) < 4.78 is 42.3. The van der Waals surface area contributed by atoms with Crippen molar-refractivity contribution in [3.05, 3.63) is 59.7 Å². The maximum atomic E-state index is 13.2. The Kier molecular flexibility index (Phi) is 8.01. The molecule has 1 aromatic carbocycles.